The number of hydrogen-bond donors (Lipinski definition) is 1. The molecule has 0 aliphatic heterocycles. The lowest BCUT2D eigenvalue weighted by molar-refractivity contribution is 0.0696. The van der Waals surface area contributed by atoms with E-state index in [1.807, 2.05) is 24.3 Å². The Morgan fingerprint density at radius 2 is 1.78 bits per heavy atom. The van der Waals surface area contributed by atoms with E-state index in [1.54, 1.807) is 18.2 Å². The molecular formula is C14H10BrClO2. The van der Waals surface area contributed by atoms with Crippen molar-refractivity contribution >= 4 is 33.5 Å². The summed E-state index contributed by atoms with van der Waals surface area (Å²) in [7, 11) is 0. The maximum absolute atomic E-state index is 11.1. The third-order valence-electron chi connectivity index (χ3n) is 2.66. The lowest BCUT2D eigenvalue weighted by Crippen LogP contribution is -2.03. The van der Waals surface area contributed by atoms with Gasteiger partial charge in [-0.3, -0.25) is 0 Å². The number of halogens is 2. The van der Waals surface area contributed by atoms with E-state index in [0.717, 1.165) is 15.6 Å². The summed E-state index contributed by atoms with van der Waals surface area (Å²) in [5, 5.41) is 9.75. The predicted octanol–water partition coefficient (Wildman–Crippen LogP) is 4.39. The zero-order chi connectivity index (χ0) is 13.1. The molecule has 1 N–H and O–H groups in total. The van der Waals surface area contributed by atoms with Crippen LogP contribution in [-0.4, -0.2) is 11.1 Å². The van der Waals surface area contributed by atoms with Crippen molar-refractivity contribution in [2.45, 2.75) is 6.42 Å². The van der Waals surface area contributed by atoms with Gasteiger partial charge >= 0.3 is 5.97 Å². The summed E-state index contributed by atoms with van der Waals surface area (Å²) in [5.74, 6) is -0.920. The van der Waals surface area contributed by atoms with Gasteiger partial charge < -0.3 is 5.11 Å². The molecular weight excluding hydrogens is 316 g/mol. The quantitative estimate of drug-likeness (QED) is 0.908. The molecule has 0 aromatic heterocycles. The molecule has 0 saturated heterocycles. The summed E-state index contributed by atoms with van der Waals surface area (Å²) >= 11 is 9.54. The lowest BCUT2D eigenvalue weighted by atomic mass is 10.00. The Kier molecular flexibility index (Phi) is 4.04. The van der Waals surface area contributed by atoms with Crippen molar-refractivity contribution in [2.75, 3.05) is 0 Å². The van der Waals surface area contributed by atoms with Crippen molar-refractivity contribution in [1.82, 2.24) is 0 Å². The zero-order valence-corrected chi connectivity index (χ0v) is 11.7. The van der Waals surface area contributed by atoms with Crippen LogP contribution in [0, 0.1) is 0 Å². The maximum Gasteiger partial charge on any atom is 0.335 e. The van der Waals surface area contributed by atoms with Crippen molar-refractivity contribution in [3.8, 4) is 0 Å². The second-order valence-electron chi connectivity index (χ2n) is 3.85. The first kappa shape index (κ1) is 13.1. The Labute approximate surface area is 118 Å². The minimum Gasteiger partial charge on any atom is -0.478 e. The predicted molar refractivity (Wildman–Crippen MR) is 75.4 cm³/mol. The third kappa shape index (κ3) is 2.74. The van der Waals surface area contributed by atoms with E-state index >= 15 is 0 Å². The molecule has 0 bridgehead atoms. The number of benzene rings is 2. The number of carboxylic acid groups (broad SMARTS) is 1. The molecule has 0 aliphatic carbocycles. The molecule has 0 spiro atoms. The van der Waals surface area contributed by atoms with E-state index in [0.29, 0.717) is 17.0 Å². The normalized spacial score (nSPS) is 10.3. The summed E-state index contributed by atoms with van der Waals surface area (Å²) in [6.45, 7) is 0. The highest BCUT2D eigenvalue weighted by Crippen LogP contribution is 2.28. The summed E-state index contributed by atoms with van der Waals surface area (Å²) < 4.78 is 0.814. The van der Waals surface area contributed by atoms with Gasteiger partial charge in [0.25, 0.3) is 0 Å². The average molecular weight is 326 g/mol. The molecule has 0 aliphatic rings. The highest BCUT2D eigenvalue weighted by molar-refractivity contribution is 9.10. The molecule has 2 aromatic carbocycles. The van der Waals surface area contributed by atoms with E-state index in [-0.39, 0.29) is 0 Å². The van der Waals surface area contributed by atoms with Crippen LogP contribution in [-0.2, 0) is 6.42 Å². The summed E-state index contributed by atoms with van der Waals surface area (Å²) in [4.78, 5) is 11.1. The zero-order valence-electron chi connectivity index (χ0n) is 9.36. The number of rotatable bonds is 3. The molecule has 0 atom stereocenters. The molecule has 2 nitrogen and oxygen atoms in total. The van der Waals surface area contributed by atoms with Crippen LogP contribution >= 0.6 is 27.5 Å². The fourth-order valence-corrected chi connectivity index (χ4v) is 2.37. The molecule has 0 unspecified atom stereocenters. The van der Waals surface area contributed by atoms with Crippen LogP contribution in [0.5, 0.6) is 0 Å². The van der Waals surface area contributed by atoms with Gasteiger partial charge in [0.2, 0.25) is 0 Å². The van der Waals surface area contributed by atoms with Crippen LogP contribution in [0.15, 0.2) is 46.9 Å². The number of aromatic carboxylic acids is 1. The molecule has 0 fully saturated rings. The molecule has 92 valence electrons. The molecule has 18 heavy (non-hydrogen) atoms. The Morgan fingerprint density at radius 1 is 1.11 bits per heavy atom. The van der Waals surface area contributed by atoms with Crippen LogP contribution in [0.3, 0.4) is 0 Å². The molecule has 0 heterocycles. The van der Waals surface area contributed by atoms with Gasteiger partial charge in [0, 0.05) is 4.47 Å². The van der Waals surface area contributed by atoms with Gasteiger partial charge in [0.05, 0.1) is 10.6 Å². The van der Waals surface area contributed by atoms with Gasteiger partial charge in [0.1, 0.15) is 0 Å². The Balaban J connectivity index is 2.40. The first-order valence-electron chi connectivity index (χ1n) is 5.33. The minimum absolute atomic E-state index is 0.313. The SMILES string of the molecule is O=C(O)c1ccccc1Cc1cccc(Br)c1Cl. The highest BCUT2D eigenvalue weighted by atomic mass is 79.9. The fraction of sp³-hybridized carbons (Fsp3) is 0.0714. The number of carbonyl (C=O) groups is 1. The standard InChI is InChI=1S/C14H10BrClO2/c15-12-7-3-5-10(13(12)16)8-9-4-1-2-6-11(9)14(17)18/h1-7H,8H2,(H,17,18). The first-order valence-corrected chi connectivity index (χ1v) is 6.51. The van der Waals surface area contributed by atoms with E-state index in [2.05, 4.69) is 15.9 Å². The molecule has 4 heteroatoms. The van der Waals surface area contributed by atoms with Gasteiger partial charge in [-0.1, -0.05) is 41.9 Å². The third-order valence-corrected chi connectivity index (χ3v) is 4.00. The number of carboxylic acids is 1. The van der Waals surface area contributed by atoms with Crippen molar-refractivity contribution in [1.29, 1.82) is 0 Å². The fourth-order valence-electron chi connectivity index (χ4n) is 1.77. The molecule has 0 amide bonds. The summed E-state index contributed by atoms with van der Waals surface area (Å²) in [6, 6.07) is 12.6. The van der Waals surface area contributed by atoms with E-state index in [1.165, 1.54) is 0 Å². The minimum atomic E-state index is -0.920. The second-order valence-corrected chi connectivity index (χ2v) is 5.08. The van der Waals surface area contributed by atoms with Crippen molar-refractivity contribution in [3.05, 3.63) is 68.7 Å². The summed E-state index contributed by atoms with van der Waals surface area (Å²) in [5.41, 5.74) is 1.97. The van der Waals surface area contributed by atoms with Crippen molar-refractivity contribution in [2.24, 2.45) is 0 Å². The number of hydrogen-bond acceptors (Lipinski definition) is 1. The monoisotopic (exact) mass is 324 g/mol. The van der Waals surface area contributed by atoms with Crippen molar-refractivity contribution < 1.29 is 9.90 Å². The van der Waals surface area contributed by atoms with Crippen molar-refractivity contribution in [3.63, 3.8) is 0 Å². The van der Waals surface area contributed by atoms with Crippen LogP contribution in [0.2, 0.25) is 5.02 Å². The van der Waals surface area contributed by atoms with E-state index in [9.17, 15) is 4.79 Å². The molecule has 0 radical (unpaired) electrons. The van der Waals surface area contributed by atoms with Gasteiger partial charge in [-0.25, -0.2) is 4.79 Å². The van der Waals surface area contributed by atoms with Crippen LogP contribution < -0.4 is 0 Å². The Morgan fingerprint density at radius 3 is 2.50 bits per heavy atom. The maximum atomic E-state index is 11.1. The molecule has 2 aromatic rings. The average Bonchev–Trinajstić information content (AvgIpc) is 2.35. The van der Waals surface area contributed by atoms with Crippen LogP contribution in [0.4, 0.5) is 0 Å². The van der Waals surface area contributed by atoms with E-state index in [4.69, 9.17) is 16.7 Å². The largest absolute Gasteiger partial charge is 0.478 e. The molecule has 2 rings (SSSR count). The Hall–Kier alpha value is -1.32. The topological polar surface area (TPSA) is 37.3 Å². The van der Waals surface area contributed by atoms with E-state index < -0.39 is 5.97 Å². The van der Waals surface area contributed by atoms with Gasteiger partial charge in [0.15, 0.2) is 0 Å². The highest BCUT2D eigenvalue weighted by Gasteiger charge is 2.11. The van der Waals surface area contributed by atoms with Gasteiger partial charge in [-0.2, -0.15) is 0 Å². The van der Waals surface area contributed by atoms with Crippen LogP contribution in [0.25, 0.3) is 0 Å². The van der Waals surface area contributed by atoms with Gasteiger partial charge in [-0.15, -0.1) is 0 Å². The van der Waals surface area contributed by atoms with Gasteiger partial charge in [-0.05, 0) is 45.6 Å². The smallest absolute Gasteiger partial charge is 0.335 e. The lowest BCUT2D eigenvalue weighted by Gasteiger charge is -2.08. The second kappa shape index (κ2) is 5.55. The Bertz CT molecular complexity index is 596. The molecule has 0 saturated carbocycles. The summed E-state index contributed by atoms with van der Waals surface area (Å²) in [6.07, 6.45) is 0.501. The van der Waals surface area contributed by atoms with Crippen LogP contribution in [0.1, 0.15) is 21.5 Å². The first-order chi connectivity index (χ1) is 8.59.